The predicted molar refractivity (Wildman–Crippen MR) is 96.1 cm³/mol. The minimum absolute atomic E-state index is 0.194. The molecule has 1 atom stereocenters. The molecule has 3 aromatic rings. The summed E-state index contributed by atoms with van der Waals surface area (Å²) in [5.41, 5.74) is 0. The highest BCUT2D eigenvalue weighted by atomic mass is 32.2. The molecule has 0 aromatic carbocycles. The van der Waals surface area contributed by atoms with E-state index in [2.05, 4.69) is 15.3 Å². The van der Waals surface area contributed by atoms with Gasteiger partial charge in [-0.05, 0) is 38.8 Å². The van der Waals surface area contributed by atoms with Crippen LogP contribution in [0.4, 0.5) is 0 Å². The molecule has 1 fully saturated rings. The van der Waals surface area contributed by atoms with Gasteiger partial charge < -0.3 is 4.42 Å². The second-order valence-electron chi connectivity index (χ2n) is 6.16. The lowest BCUT2D eigenvalue weighted by Crippen LogP contribution is -2.30. The van der Waals surface area contributed by atoms with Gasteiger partial charge in [-0.3, -0.25) is 4.68 Å². The Hall–Kier alpha value is -2.04. The van der Waals surface area contributed by atoms with Crippen LogP contribution in [0.1, 0.15) is 36.6 Å². The largest absolute Gasteiger partial charge is 0.418 e. The fourth-order valence-corrected chi connectivity index (χ4v) is 5.47. The molecule has 138 valence electrons. The van der Waals surface area contributed by atoms with Gasteiger partial charge in [0.2, 0.25) is 15.9 Å². The summed E-state index contributed by atoms with van der Waals surface area (Å²) < 4.78 is 34.9. The van der Waals surface area contributed by atoms with Crippen LogP contribution in [0, 0.1) is 6.92 Å². The summed E-state index contributed by atoms with van der Waals surface area (Å²) in [5, 5.41) is 12.3. The van der Waals surface area contributed by atoms with Crippen LogP contribution in [0.25, 0.3) is 10.8 Å². The second kappa shape index (κ2) is 6.60. The Balaban J connectivity index is 1.63. The van der Waals surface area contributed by atoms with E-state index in [1.807, 2.05) is 26.0 Å². The average molecular weight is 393 g/mol. The molecular weight excluding hydrogens is 374 g/mol. The first-order valence-electron chi connectivity index (χ1n) is 8.43. The van der Waals surface area contributed by atoms with Crippen molar-refractivity contribution in [3.8, 4) is 10.8 Å². The smallest absolute Gasteiger partial charge is 0.257 e. The van der Waals surface area contributed by atoms with Crippen molar-refractivity contribution in [2.24, 2.45) is 0 Å². The first-order valence-corrected chi connectivity index (χ1v) is 10.7. The molecule has 1 saturated heterocycles. The maximum absolute atomic E-state index is 13.0. The van der Waals surface area contributed by atoms with Crippen LogP contribution in [0.5, 0.6) is 0 Å². The fourth-order valence-electron chi connectivity index (χ4n) is 3.08. The molecule has 0 saturated carbocycles. The Kier molecular flexibility index (Phi) is 4.41. The SMILES string of the molecule is CCn1cc(S(=O)(=O)N2CCC[C@H]2c2nnc(-c3ccc(C)s3)o2)cn1. The molecule has 0 bridgehead atoms. The van der Waals surface area contributed by atoms with Crippen LogP contribution in [0.15, 0.2) is 33.8 Å². The summed E-state index contributed by atoms with van der Waals surface area (Å²) in [6.07, 6.45) is 4.36. The molecule has 4 rings (SSSR count). The van der Waals surface area contributed by atoms with Gasteiger partial charge in [-0.15, -0.1) is 21.5 Å². The summed E-state index contributed by atoms with van der Waals surface area (Å²) in [6.45, 7) is 4.97. The van der Waals surface area contributed by atoms with Gasteiger partial charge in [0.1, 0.15) is 10.9 Å². The highest BCUT2D eigenvalue weighted by molar-refractivity contribution is 7.89. The molecule has 3 aromatic heterocycles. The number of thiophene rings is 1. The van der Waals surface area contributed by atoms with E-state index in [-0.39, 0.29) is 4.90 Å². The van der Waals surface area contributed by atoms with E-state index in [4.69, 9.17) is 4.42 Å². The first-order chi connectivity index (χ1) is 12.5. The molecule has 0 aliphatic carbocycles. The quantitative estimate of drug-likeness (QED) is 0.662. The van der Waals surface area contributed by atoms with Crippen molar-refractivity contribution in [3.63, 3.8) is 0 Å². The van der Waals surface area contributed by atoms with Gasteiger partial charge in [0.15, 0.2) is 0 Å². The van der Waals surface area contributed by atoms with E-state index >= 15 is 0 Å². The minimum atomic E-state index is -3.65. The lowest BCUT2D eigenvalue weighted by atomic mass is 10.2. The molecule has 0 amide bonds. The number of rotatable bonds is 5. The number of hydrogen-bond donors (Lipinski definition) is 0. The molecule has 0 radical (unpaired) electrons. The van der Waals surface area contributed by atoms with Crippen molar-refractivity contribution in [1.82, 2.24) is 24.3 Å². The number of aryl methyl sites for hydroxylation is 2. The van der Waals surface area contributed by atoms with Crippen molar-refractivity contribution in [2.75, 3.05) is 6.54 Å². The van der Waals surface area contributed by atoms with Crippen LogP contribution < -0.4 is 0 Å². The molecule has 8 nitrogen and oxygen atoms in total. The molecule has 0 unspecified atom stereocenters. The molecule has 1 aliphatic heterocycles. The van der Waals surface area contributed by atoms with Crippen molar-refractivity contribution >= 4 is 21.4 Å². The molecule has 1 aliphatic rings. The van der Waals surface area contributed by atoms with E-state index in [1.54, 1.807) is 22.2 Å². The molecular formula is C16H19N5O3S2. The maximum atomic E-state index is 13.0. The van der Waals surface area contributed by atoms with Gasteiger partial charge in [-0.2, -0.15) is 9.40 Å². The predicted octanol–water partition coefficient (Wildman–Crippen LogP) is 2.85. The minimum Gasteiger partial charge on any atom is -0.418 e. The molecule has 0 spiro atoms. The topological polar surface area (TPSA) is 94.1 Å². The summed E-state index contributed by atoms with van der Waals surface area (Å²) in [5.74, 6) is 0.774. The fraction of sp³-hybridized carbons (Fsp3) is 0.438. The van der Waals surface area contributed by atoms with E-state index in [0.29, 0.717) is 31.3 Å². The van der Waals surface area contributed by atoms with E-state index in [0.717, 1.165) is 16.2 Å². The monoisotopic (exact) mass is 393 g/mol. The lowest BCUT2D eigenvalue weighted by Gasteiger charge is -2.20. The second-order valence-corrected chi connectivity index (χ2v) is 9.34. The zero-order valence-corrected chi connectivity index (χ0v) is 16.1. The molecule has 26 heavy (non-hydrogen) atoms. The van der Waals surface area contributed by atoms with Gasteiger partial charge in [-0.25, -0.2) is 8.42 Å². The summed E-state index contributed by atoms with van der Waals surface area (Å²) in [6, 6.07) is 3.48. The first kappa shape index (κ1) is 17.4. The lowest BCUT2D eigenvalue weighted by molar-refractivity contribution is 0.332. The Morgan fingerprint density at radius 1 is 1.35 bits per heavy atom. The van der Waals surface area contributed by atoms with Crippen LogP contribution in [0.2, 0.25) is 0 Å². The average Bonchev–Trinajstić information content (AvgIpc) is 3.38. The zero-order valence-electron chi connectivity index (χ0n) is 14.5. The van der Waals surface area contributed by atoms with Gasteiger partial charge in [0.05, 0.1) is 11.1 Å². The highest BCUT2D eigenvalue weighted by Crippen LogP contribution is 2.37. The number of aromatic nitrogens is 4. The molecule has 10 heteroatoms. The Morgan fingerprint density at radius 2 is 2.19 bits per heavy atom. The Bertz CT molecular complexity index is 1020. The van der Waals surface area contributed by atoms with E-state index in [9.17, 15) is 8.42 Å². The van der Waals surface area contributed by atoms with Crippen molar-refractivity contribution in [2.45, 2.75) is 44.2 Å². The van der Waals surface area contributed by atoms with Crippen LogP contribution in [0.3, 0.4) is 0 Å². The van der Waals surface area contributed by atoms with Gasteiger partial charge in [0.25, 0.3) is 5.89 Å². The summed E-state index contributed by atoms with van der Waals surface area (Å²) in [4.78, 5) is 2.23. The number of hydrogen-bond acceptors (Lipinski definition) is 7. The summed E-state index contributed by atoms with van der Waals surface area (Å²) in [7, 11) is -3.65. The Labute approximate surface area is 155 Å². The van der Waals surface area contributed by atoms with Gasteiger partial charge in [-0.1, -0.05) is 0 Å². The normalized spacial score (nSPS) is 18.6. The molecule has 0 N–H and O–H groups in total. The third-order valence-corrected chi connectivity index (χ3v) is 7.27. The van der Waals surface area contributed by atoms with Crippen molar-refractivity contribution < 1.29 is 12.8 Å². The van der Waals surface area contributed by atoms with Gasteiger partial charge >= 0.3 is 0 Å². The zero-order chi connectivity index (χ0) is 18.3. The third kappa shape index (κ3) is 2.97. The van der Waals surface area contributed by atoms with Gasteiger partial charge in [0, 0.05) is 24.2 Å². The number of nitrogens with zero attached hydrogens (tertiary/aromatic N) is 5. The van der Waals surface area contributed by atoms with Crippen molar-refractivity contribution in [1.29, 1.82) is 0 Å². The van der Waals surface area contributed by atoms with Crippen molar-refractivity contribution in [3.05, 3.63) is 35.3 Å². The van der Waals surface area contributed by atoms with Crippen LogP contribution in [-0.2, 0) is 16.6 Å². The Morgan fingerprint density at radius 3 is 2.88 bits per heavy atom. The number of sulfonamides is 1. The standard InChI is InChI=1S/C16H19N5O3S2/c1-3-20-10-12(9-17-20)26(22,23)21-8-4-5-13(21)15-18-19-16(24-15)14-7-6-11(2)25-14/h6-7,9-10,13H,3-5,8H2,1-2H3/t13-/m0/s1. The summed E-state index contributed by atoms with van der Waals surface area (Å²) >= 11 is 1.57. The molecule has 4 heterocycles. The maximum Gasteiger partial charge on any atom is 0.257 e. The third-order valence-electron chi connectivity index (χ3n) is 4.42. The van der Waals surface area contributed by atoms with Crippen LogP contribution >= 0.6 is 11.3 Å². The van der Waals surface area contributed by atoms with E-state index in [1.165, 1.54) is 10.5 Å². The highest BCUT2D eigenvalue weighted by Gasteiger charge is 2.39. The van der Waals surface area contributed by atoms with E-state index < -0.39 is 16.1 Å². The van der Waals surface area contributed by atoms with Crippen LogP contribution in [-0.4, -0.2) is 39.2 Å².